The largest absolute Gasteiger partial charge is 0.378 e. The third kappa shape index (κ3) is 12.2. The van der Waals surface area contributed by atoms with Crippen LogP contribution in [0.15, 0.2) is 93.9 Å². The first kappa shape index (κ1) is 47.7. The maximum atomic E-state index is 13.6. The van der Waals surface area contributed by atoms with E-state index in [0.717, 1.165) is 66.4 Å². The van der Waals surface area contributed by atoms with E-state index >= 15 is 0 Å². The second-order valence-corrected chi connectivity index (χ2v) is 19.3. The molecule has 6 aromatic rings. The minimum atomic E-state index is -0.700. The number of fused-ring (bicyclic) bond motifs is 2. The van der Waals surface area contributed by atoms with Crippen LogP contribution >= 0.6 is 55.1 Å². The number of hydrogen-bond donors (Lipinski definition) is 5. The highest BCUT2D eigenvalue weighted by molar-refractivity contribution is 9.10. The first-order valence-electron chi connectivity index (χ1n) is 22.2. The number of hydrogen-bond acceptors (Lipinski definition) is 7. The van der Waals surface area contributed by atoms with Crippen molar-refractivity contribution in [3.63, 3.8) is 0 Å². The molecule has 344 valence electrons. The van der Waals surface area contributed by atoms with Crippen molar-refractivity contribution < 1.29 is 19.5 Å². The molecule has 3 amide bonds. The van der Waals surface area contributed by atoms with Gasteiger partial charge in [0.2, 0.25) is 5.91 Å². The number of amides is 3. The van der Waals surface area contributed by atoms with Gasteiger partial charge in [-0.2, -0.15) is 0 Å². The van der Waals surface area contributed by atoms with Crippen molar-refractivity contribution in [1.29, 1.82) is 0 Å². The molecule has 66 heavy (non-hydrogen) atoms. The number of carbonyl (C=O) groups excluding carboxylic acids is 3. The number of carbonyl (C=O) groups is 3. The number of rotatable bonds is 16. The van der Waals surface area contributed by atoms with E-state index in [1.165, 1.54) is 0 Å². The fourth-order valence-electron chi connectivity index (χ4n) is 8.56. The maximum Gasteiger partial charge on any atom is 0.254 e. The number of nitrogens with one attached hydrogen (secondary N) is 4. The van der Waals surface area contributed by atoms with Gasteiger partial charge >= 0.3 is 0 Å². The van der Waals surface area contributed by atoms with Crippen LogP contribution in [-0.4, -0.2) is 137 Å². The summed E-state index contributed by atoms with van der Waals surface area (Å²) in [5.74, 6) is -0.247. The van der Waals surface area contributed by atoms with Crippen LogP contribution in [0.3, 0.4) is 0 Å². The molecule has 4 aromatic carbocycles. The summed E-state index contributed by atoms with van der Waals surface area (Å²) in [4.78, 5) is 55.7. The van der Waals surface area contributed by atoms with Gasteiger partial charge in [-0.3, -0.25) is 29.1 Å². The quantitative estimate of drug-likeness (QED) is 0.0653. The van der Waals surface area contributed by atoms with Gasteiger partial charge < -0.3 is 30.6 Å². The summed E-state index contributed by atoms with van der Waals surface area (Å²) in [5.41, 5.74) is 6.31. The second kappa shape index (κ2) is 22.4. The molecule has 2 aliphatic rings. The normalized spacial score (nSPS) is 15.9. The Labute approximate surface area is 411 Å². The first-order valence-corrected chi connectivity index (χ1v) is 24.5. The van der Waals surface area contributed by atoms with Crippen LogP contribution in [0.2, 0.25) is 10.0 Å². The lowest BCUT2D eigenvalue weighted by molar-refractivity contribution is -0.134. The van der Waals surface area contributed by atoms with Crippen LogP contribution < -0.4 is 10.6 Å². The summed E-state index contributed by atoms with van der Waals surface area (Å²) >= 11 is 19.2. The molecule has 0 radical (unpaired) electrons. The molecule has 2 aromatic heterocycles. The zero-order chi connectivity index (χ0) is 46.2. The minimum Gasteiger partial charge on any atom is -0.378 e. The van der Waals surface area contributed by atoms with E-state index in [-0.39, 0.29) is 24.1 Å². The monoisotopic (exact) mass is 1060 g/mol. The molecule has 8 rings (SSSR count). The third-order valence-electron chi connectivity index (χ3n) is 12.3. The van der Waals surface area contributed by atoms with Gasteiger partial charge in [-0.1, -0.05) is 104 Å². The van der Waals surface area contributed by atoms with Gasteiger partial charge in [0, 0.05) is 126 Å². The van der Waals surface area contributed by atoms with Gasteiger partial charge in [0.25, 0.3) is 11.8 Å². The molecule has 2 fully saturated rings. The van der Waals surface area contributed by atoms with E-state index in [2.05, 4.69) is 62.3 Å². The Morgan fingerprint density at radius 3 is 1.52 bits per heavy atom. The zero-order valence-corrected chi connectivity index (χ0v) is 41.0. The number of benzene rings is 4. The minimum absolute atomic E-state index is 0.0491. The summed E-state index contributed by atoms with van der Waals surface area (Å²) in [6, 6.07) is 26.7. The van der Waals surface area contributed by atoms with Crippen LogP contribution in [0.5, 0.6) is 0 Å². The molecular weight excluding hydrogens is 1010 g/mol. The molecule has 16 heteroatoms. The number of nitrogens with zero attached hydrogens (tertiary/aromatic N) is 4. The average Bonchev–Trinajstić information content (AvgIpc) is 3.87. The summed E-state index contributed by atoms with van der Waals surface area (Å²) in [6.07, 6.45) is 7.69. The van der Waals surface area contributed by atoms with Crippen molar-refractivity contribution in [1.82, 2.24) is 40.2 Å². The Morgan fingerprint density at radius 1 is 0.621 bits per heavy atom. The Bertz CT molecular complexity index is 2720. The first-order chi connectivity index (χ1) is 32.0. The Kier molecular flexibility index (Phi) is 16.2. The number of H-pyrrole nitrogens is 2. The molecule has 2 saturated heterocycles. The molecule has 4 heterocycles. The average molecular weight is 1060 g/mol. The van der Waals surface area contributed by atoms with Crippen molar-refractivity contribution in [2.75, 3.05) is 78.5 Å². The van der Waals surface area contributed by atoms with E-state index in [1.54, 1.807) is 0 Å². The van der Waals surface area contributed by atoms with Gasteiger partial charge in [0.05, 0.1) is 22.5 Å². The summed E-state index contributed by atoms with van der Waals surface area (Å²) in [5, 5.41) is 20.3. The van der Waals surface area contributed by atoms with Crippen molar-refractivity contribution in [2.24, 2.45) is 0 Å². The molecule has 0 spiro atoms. The highest BCUT2D eigenvalue weighted by Crippen LogP contribution is 2.29. The molecule has 0 bridgehead atoms. The van der Waals surface area contributed by atoms with E-state index in [9.17, 15) is 19.5 Å². The van der Waals surface area contributed by atoms with Crippen LogP contribution in [0.1, 0.15) is 56.1 Å². The fraction of sp³-hybridized carbons (Fsp3) is 0.300. The SMILES string of the molecule is O=C(NCCN1CCN(C(=O)CCC(O)N2CCN(CCNC(=O)c3c(/C=C/c4ccc(Cl)cc4)[nH]c4cc(Br)ccc34)CC2)CC1)c1c(/C=C/c2ccc(Cl)cc2)[nH]c2cc(Br)ccc12. The third-order valence-corrected chi connectivity index (χ3v) is 13.7. The van der Waals surface area contributed by atoms with Crippen molar-refractivity contribution >= 4 is 119 Å². The van der Waals surface area contributed by atoms with Gasteiger partial charge in [0.15, 0.2) is 0 Å². The van der Waals surface area contributed by atoms with E-state index < -0.39 is 6.23 Å². The molecule has 12 nitrogen and oxygen atoms in total. The number of aromatic nitrogens is 2. The second-order valence-electron chi connectivity index (χ2n) is 16.6. The predicted molar refractivity (Wildman–Crippen MR) is 274 cm³/mol. The van der Waals surface area contributed by atoms with Gasteiger partial charge in [-0.25, -0.2) is 0 Å². The van der Waals surface area contributed by atoms with Gasteiger partial charge in [-0.15, -0.1) is 0 Å². The Morgan fingerprint density at radius 2 is 1.06 bits per heavy atom. The van der Waals surface area contributed by atoms with Crippen LogP contribution in [0, 0.1) is 0 Å². The Hall–Kier alpha value is -4.77. The summed E-state index contributed by atoms with van der Waals surface area (Å²) in [7, 11) is 0. The molecule has 0 aliphatic carbocycles. The van der Waals surface area contributed by atoms with E-state index in [1.807, 2.05) is 119 Å². The number of halogens is 4. The van der Waals surface area contributed by atoms with Gasteiger partial charge in [0.1, 0.15) is 6.23 Å². The Balaban J connectivity index is 0.736. The predicted octanol–water partition coefficient (Wildman–Crippen LogP) is 8.84. The van der Waals surface area contributed by atoms with Crippen LogP contribution in [0.25, 0.3) is 46.1 Å². The van der Waals surface area contributed by atoms with E-state index in [4.69, 9.17) is 23.2 Å². The van der Waals surface area contributed by atoms with Crippen molar-refractivity contribution in [3.8, 4) is 0 Å². The summed E-state index contributed by atoms with van der Waals surface area (Å²) < 4.78 is 1.84. The van der Waals surface area contributed by atoms with Crippen LogP contribution in [-0.2, 0) is 4.79 Å². The lowest BCUT2D eigenvalue weighted by Gasteiger charge is -2.38. The molecule has 5 N–H and O–H groups in total. The number of aliphatic hydroxyl groups is 1. The fourth-order valence-corrected chi connectivity index (χ4v) is 9.53. The standard InChI is InChI=1S/C50H52Br2Cl2N8O4/c51-35-7-13-39-43(31-35)57-41(15-5-33-1-9-37(53)10-2-33)47(39)49(65)55-19-21-59-23-27-61(28-24-59)45(63)17-18-46(64)62-29-25-60(26-30-62)22-20-56-50(66)48-40-14-8-36(52)32-44(40)58-42(48)16-6-34-3-11-38(54)12-4-34/h1-16,31-32,45,57-58,63H,17-30H2,(H,55,65)(H,56,66)/b15-5+,16-6+. The smallest absolute Gasteiger partial charge is 0.254 e. The maximum absolute atomic E-state index is 13.6. The highest BCUT2D eigenvalue weighted by Gasteiger charge is 2.26. The number of aromatic amines is 2. The van der Waals surface area contributed by atoms with Crippen molar-refractivity contribution in [3.05, 3.63) is 138 Å². The molecule has 1 unspecified atom stereocenters. The number of aliphatic hydroxyl groups excluding tert-OH is 1. The number of piperazine rings is 2. The molecule has 1 atom stereocenters. The van der Waals surface area contributed by atoms with E-state index in [0.29, 0.717) is 93.0 Å². The zero-order valence-electron chi connectivity index (χ0n) is 36.3. The lowest BCUT2D eigenvalue weighted by atomic mass is 10.1. The lowest BCUT2D eigenvalue weighted by Crippen LogP contribution is -2.52. The highest BCUT2D eigenvalue weighted by atomic mass is 79.9. The molecule has 2 aliphatic heterocycles. The van der Waals surface area contributed by atoms with Crippen molar-refractivity contribution in [2.45, 2.75) is 19.1 Å². The van der Waals surface area contributed by atoms with Crippen LogP contribution in [0.4, 0.5) is 0 Å². The topological polar surface area (TPSA) is 140 Å². The molecule has 0 saturated carbocycles. The summed E-state index contributed by atoms with van der Waals surface area (Å²) in [6.45, 7) is 7.80. The van der Waals surface area contributed by atoms with Gasteiger partial charge in [-0.05, 0) is 78.2 Å². The molecular formula is C50H52Br2Cl2N8O4.